The minimum absolute atomic E-state index is 0.0315. The number of phenolic OH excluding ortho intramolecular Hbond substituents is 1. The lowest BCUT2D eigenvalue weighted by atomic mass is 9.92. The zero-order valence-corrected chi connectivity index (χ0v) is 44.1. The van der Waals surface area contributed by atoms with Crippen LogP contribution in [-0.4, -0.2) is 165 Å². The third-order valence-electron chi connectivity index (χ3n) is 11.9. The number of hydrogen-bond donors (Lipinski definition) is 13. The molecule has 28 heteroatoms. The van der Waals surface area contributed by atoms with E-state index in [1.165, 1.54) is 29.2 Å². The summed E-state index contributed by atoms with van der Waals surface area (Å²) in [5.74, 6) is -12.5. The molecule has 9 amide bonds. The van der Waals surface area contributed by atoms with Gasteiger partial charge in [-0.2, -0.15) is 0 Å². The molecule has 0 aromatic heterocycles. The largest absolute Gasteiger partial charge is 0.508 e. The molecule has 2 aliphatic heterocycles. The average molecular weight is 1120 g/mol. The van der Waals surface area contributed by atoms with Crippen molar-refractivity contribution in [3.63, 3.8) is 0 Å². The summed E-state index contributed by atoms with van der Waals surface area (Å²) in [7, 11) is 2.04. The number of hydrogen-bond acceptors (Lipinski definition) is 17. The van der Waals surface area contributed by atoms with E-state index in [1.54, 1.807) is 30.3 Å². The van der Waals surface area contributed by atoms with Crippen molar-refractivity contribution in [3.05, 3.63) is 65.7 Å². The molecule has 0 saturated carbocycles. The van der Waals surface area contributed by atoms with Crippen LogP contribution < -0.4 is 54.8 Å². The fourth-order valence-electron chi connectivity index (χ4n) is 8.04. The van der Waals surface area contributed by atoms with Gasteiger partial charge in [-0.1, -0.05) is 64.1 Å². The van der Waals surface area contributed by atoms with Gasteiger partial charge in [0.15, 0.2) is 5.78 Å². The SMILES string of the molecule is CC(=O)O.NCCCC[C@H](NC(=O)[C@@H]1CCCN1C(=O)[C@@H]1CSSC[C@H](N)C(=O)N[C@@H](Cc2ccc(O)cc2)C(=O)N[C@@H](Cc2ccccc2)C(=O)N[C@@H](CCC(N)=O)C(=O)C[C@@H](CC(N)=O)C(=O)N1)C(=O)NCC(=O)O. The van der Waals surface area contributed by atoms with Crippen LogP contribution in [0.25, 0.3) is 0 Å². The molecule has 8 atom stereocenters. The Bertz CT molecular complexity index is 2400. The van der Waals surface area contributed by atoms with Gasteiger partial charge in [0.25, 0.3) is 5.97 Å². The number of nitrogens with two attached hydrogens (primary N) is 4. The number of phenols is 1. The molecule has 77 heavy (non-hydrogen) atoms. The molecule has 2 aromatic rings. The number of amides is 9. The van der Waals surface area contributed by atoms with E-state index in [0.717, 1.165) is 28.5 Å². The molecular weight excluding hydrogens is 1050 g/mol. The van der Waals surface area contributed by atoms with Gasteiger partial charge >= 0.3 is 5.97 Å². The highest BCUT2D eigenvalue weighted by molar-refractivity contribution is 8.76. The highest BCUT2D eigenvalue weighted by Crippen LogP contribution is 2.26. The van der Waals surface area contributed by atoms with Gasteiger partial charge in [-0.05, 0) is 68.3 Å². The van der Waals surface area contributed by atoms with Crippen LogP contribution in [-0.2, 0) is 70.4 Å². The molecule has 0 unspecified atom stereocenters. The second kappa shape index (κ2) is 33.0. The van der Waals surface area contributed by atoms with Crippen LogP contribution in [0.4, 0.5) is 0 Å². The predicted octanol–water partition coefficient (Wildman–Crippen LogP) is -2.55. The third kappa shape index (κ3) is 23.2. The number of aliphatic carboxylic acids is 2. The number of likely N-dealkylation sites (tertiary alicyclic amines) is 1. The summed E-state index contributed by atoms with van der Waals surface area (Å²) in [5, 5.41) is 41.9. The van der Waals surface area contributed by atoms with E-state index in [-0.39, 0.29) is 55.9 Å². The lowest BCUT2D eigenvalue weighted by Gasteiger charge is -2.30. The summed E-state index contributed by atoms with van der Waals surface area (Å²) < 4.78 is 0. The van der Waals surface area contributed by atoms with Crippen molar-refractivity contribution < 1.29 is 72.9 Å². The van der Waals surface area contributed by atoms with Gasteiger partial charge in [0.2, 0.25) is 53.2 Å². The molecule has 0 radical (unpaired) electrons. The first-order valence-electron chi connectivity index (χ1n) is 24.6. The van der Waals surface area contributed by atoms with Gasteiger partial charge in [0, 0.05) is 57.1 Å². The van der Waals surface area contributed by atoms with Crippen LogP contribution in [0.15, 0.2) is 54.6 Å². The van der Waals surface area contributed by atoms with Crippen molar-refractivity contribution in [3.8, 4) is 5.75 Å². The predicted molar refractivity (Wildman–Crippen MR) is 281 cm³/mol. The molecule has 2 fully saturated rings. The van der Waals surface area contributed by atoms with E-state index in [2.05, 4.69) is 31.9 Å². The Morgan fingerprint density at radius 1 is 0.766 bits per heavy atom. The summed E-state index contributed by atoms with van der Waals surface area (Å²) in [4.78, 5) is 158. The van der Waals surface area contributed by atoms with Gasteiger partial charge in [0.1, 0.15) is 42.5 Å². The smallest absolute Gasteiger partial charge is 0.322 e. The number of benzene rings is 2. The lowest BCUT2D eigenvalue weighted by Crippen LogP contribution is -2.58. The van der Waals surface area contributed by atoms with Gasteiger partial charge in [-0.25, -0.2) is 0 Å². The van der Waals surface area contributed by atoms with Crippen molar-refractivity contribution in [1.29, 1.82) is 0 Å². The van der Waals surface area contributed by atoms with E-state index >= 15 is 0 Å². The Morgan fingerprint density at radius 2 is 1.35 bits per heavy atom. The number of unbranched alkanes of at least 4 members (excludes halogenated alkanes) is 1. The minimum atomic E-state index is -1.54. The van der Waals surface area contributed by atoms with Crippen molar-refractivity contribution in [2.75, 3.05) is 31.1 Å². The summed E-state index contributed by atoms with van der Waals surface area (Å²) in [6.07, 6.45) is -0.999. The van der Waals surface area contributed by atoms with E-state index in [0.29, 0.717) is 36.9 Å². The van der Waals surface area contributed by atoms with Gasteiger partial charge < -0.3 is 75.1 Å². The van der Waals surface area contributed by atoms with Crippen LogP contribution in [0.5, 0.6) is 5.75 Å². The number of primary amides is 2. The molecule has 0 spiro atoms. The normalized spacial score (nSPS) is 22.2. The molecule has 2 saturated heterocycles. The number of nitrogens with one attached hydrogen (secondary N) is 6. The maximum Gasteiger partial charge on any atom is 0.322 e. The Kier molecular flexibility index (Phi) is 27.4. The first kappa shape index (κ1) is 64.0. The maximum atomic E-state index is 14.6. The second-order valence-corrected chi connectivity index (χ2v) is 20.7. The number of nitrogens with zero attached hydrogens (tertiary/aromatic N) is 1. The molecule has 4 rings (SSSR count). The third-order valence-corrected chi connectivity index (χ3v) is 14.4. The van der Waals surface area contributed by atoms with Crippen LogP contribution >= 0.6 is 21.6 Å². The quantitative estimate of drug-likeness (QED) is 0.0509. The summed E-state index contributed by atoms with van der Waals surface area (Å²) in [6.45, 7) is 0.702. The number of ketones is 1. The number of aromatic hydroxyl groups is 1. The van der Waals surface area contributed by atoms with Crippen molar-refractivity contribution in [2.24, 2.45) is 28.9 Å². The lowest BCUT2D eigenvalue weighted by molar-refractivity contribution is -0.142. The first-order valence-corrected chi connectivity index (χ1v) is 27.1. The highest BCUT2D eigenvalue weighted by atomic mass is 33.1. The number of carboxylic acid groups (broad SMARTS) is 2. The van der Waals surface area contributed by atoms with E-state index in [1.807, 2.05) is 0 Å². The molecule has 2 aromatic carbocycles. The topological polar surface area (TPSA) is 445 Å². The maximum absolute atomic E-state index is 14.6. The van der Waals surface area contributed by atoms with E-state index in [9.17, 15) is 57.8 Å². The molecule has 2 aliphatic rings. The van der Waals surface area contributed by atoms with Crippen molar-refractivity contribution >= 4 is 92.5 Å². The van der Waals surface area contributed by atoms with Gasteiger partial charge in [0.05, 0.1) is 18.0 Å². The molecule has 0 aliphatic carbocycles. The molecular formula is C49H69N11O15S2. The second-order valence-electron chi connectivity index (χ2n) is 18.2. The highest BCUT2D eigenvalue weighted by Gasteiger charge is 2.41. The number of carboxylic acids is 2. The Hall–Kier alpha value is -7.30. The van der Waals surface area contributed by atoms with E-state index in [4.69, 9.17) is 37.9 Å². The Labute approximate surface area is 451 Å². The minimum Gasteiger partial charge on any atom is -0.508 e. The fraction of sp³-hybridized carbons (Fsp3) is 0.510. The van der Waals surface area contributed by atoms with Crippen LogP contribution in [0.3, 0.4) is 0 Å². The standard InChI is InChI=1S/C47H65N11O13S2.C2H4O2/c48-17-5-4-9-32(43(67)52-23-40(63)64)54-46(70)36-10-6-18-58(36)47(71)35-25-73-72-24-30(49)42(66)55-33(20-27-11-13-29(59)14-12-27)45(69)56-34(19-26-7-2-1-3-8-26)44(68)53-31(15-16-38(50)61)37(60)21-28(22-39(51)62)41(65)57-35;1-2(3)4/h1-3,7-8,11-14,28,30-36,59H,4-6,9-10,15-25,48-49H2,(H2,50,61)(H2,51,62)(H,52,67)(H,53,68)(H,54,70)(H,55,66)(H,56,69)(H,57,65)(H,63,64);1H3,(H,3,4)/t28-,30-,31-,32-,33-,34-,35-,36-;/m0./s1. The Balaban J connectivity index is 0.00000376. The van der Waals surface area contributed by atoms with Crippen molar-refractivity contribution in [2.45, 2.75) is 120 Å². The Morgan fingerprint density at radius 3 is 1.94 bits per heavy atom. The molecule has 17 N–H and O–H groups in total. The zero-order valence-electron chi connectivity index (χ0n) is 42.4. The monoisotopic (exact) mass is 1120 g/mol. The first-order chi connectivity index (χ1) is 36.5. The number of carbonyl (C=O) groups is 12. The molecule has 422 valence electrons. The van der Waals surface area contributed by atoms with E-state index < -0.39 is 145 Å². The molecule has 2 heterocycles. The fourth-order valence-corrected chi connectivity index (χ4v) is 10.3. The van der Waals surface area contributed by atoms with Crippen molar-refractivity contribution in [1.82, 2.24) is 36.8 Å². The summed E-state index contributed by atoms with van der Waals surface area (Å²) >= 11 is 0. The summed E-state index contributed by atoms with van der Waals surface area (Å²) in [6, 6.07) is 5.03. The number of Topliss-reactive ketones (excluding diaryl/α,β-unsaturated/α-hetero) is 1. The van der Waals surface area contributed by atoms with Crippen LogP contribution in [0, 0.1) is 5.92 Å². The molecule has 26 nitrogen and oxygen atoms in total. The summed E-state index contributed by atoms with van der Waals surface area (Å²) in [5.41, 5.74) is 24.1. The number of carbonyl (C=O) groups excluding carboxylic acids is 10. The van der Waals surface area contributed by atoms with Gasteiger partial charge in [-0.15, -0.1) is 0 Å². The average Bonchev–Trinajstić information content (AvgIpc) is 3.87. The zero-order chi connectivity index (χ0) is 57.2. The van der Waals surface area contributed by atoms with Crippen LogP contribution in [0.1, 0.15) is 75.8 Å². The number of rotatable bonds is 19. The van der Waals surface area contributed by atoms with Gasteiger partial charge in [-0.3, -0.25) is 57.5 Å². The van der Waals surface area contributed by atoms with Crippen LogP contribution in [0.2, 0.25) is 0 Å². The molecule has 0 bridgehead atoms.